The molecule has 8 heteroatoms. The Morgan fingerprint density at radius 1 is 1.03 bits per heavy atom. The van der Waals surface area contributed by atoms with Crippen LogP contribution < -0.4 is 14.2 Å². The summed E-state index contributed by atoms with van der Waals surface area (Å²) in [6, 6.07) is 9.95. The number of hydrogen-bond donors (Lipinski definition) is 0. The van der Waals surface area contributed by atoms with Gasteiger partial charge in [-0.05, 0) is 43.7 Å². The number of ether oxygens (including phenoxy) is 3. The van der Waals surface area contributed by atoms with Gasteiger partial charge in [-0.1, -0.05) is 17.6 Å². The molecule has 3 aromatic rings. The Balaban J connectivity index is 1.59. The second kappa shape index (κ2) is 9.13. The van der Waals surface area contributed by atoms with Gasteiger partial charge in [0, 0.05) is 6.20 Å². The molecule has 0 radical (unpaired) electrons. The third kappa shape index (κ3) is 3.95. The minimum absolute atomic E-state index is 0.255. The van der Waals surface area contributed by atoms with Gasteiger partial charge in [0.25, 0.3) is 0 Å². The van der Waals surface area contributed by atoms with E-state index in [9.17, 15) is 0 Å². The van der Waals surface area contributed by atoms with Gasteiger partial charge in [-0.25, -0.2) is 0 Å². The summed E-state index contributed by atoms with van der Waals surface area (Å²) in [4.78, 5) is 11.5. The molecule has 1 aromatic carbocycles. The number of nitrogens with zero attached hydrogens (tertiary/aromatic N) is 4. The molecule has 1 saturated heterocycles. The first kappa shape index (κ1) is 20.2. The molecular formula is C22H26N4O4. The number of aromatic nitrogens is 3. The minimum Gasteiger partial charge on any atom is -0.493 e. The highest BCUT2D eigenvalue weighted by atomic mass is 16.5. The van der Waals surface area contributed by atoms with E-state index in [4.69, 9.17) is 18.7 Å². The van der Waals surface area contributed by atoms with Crippen molar-refractivity contribution >= 4 is 0 Å². The van der Waals surface area contributed by atoms with Crippen molar-refractivity contribution in [3.05, 3.63) is 48.1 Å². The normalized spacial score (nSPS) is 17.0. The van der Waals surface area contributed by atoms with Crippen LogP contribution in [0.4, 0.5) is 0 Å². The van der Waals surface area contributed by atoms with Gasteiger partial charge in [0.1, 0.15) is 0 Å². The Morgan fingerprint density at radius 2 is 1.90 bits per heavy atom. The summed E-state index contributed by atoms with van der Waals surface area (Å²) in [7, 11) is 4.73. The quantitative estimate of drug-likeness (QED) is 0.580. The summed E-state index contributed by atoms with van der Waals surface area (Å²) in [5, 5.41) is 4.18. The number of piperidine rings is 1. The Labute approximate surface area is 175 Å². The van der Waals surface area contributed by atoms with Gasteiger partial charge in [-0.15, -0.1) is 0 Å². The van der Waals surface area contributed by atoms with Crippen molar-refractivity contribution in [1.82, 2.24) is 20.0 Å². The number of rotatable bonds is 7. The van der Waals surface area contributed by atoms with Gasteiger partial charge >= 0.3 is 0 Å². The molecule has 1 atom stereocenters. The second-order valence-corrected chi connectivity index (χ2v) is 7.13. The molecule has 8 nitrogen and oxygen atoms in total. The molecule has 0 amide bonds. The number of benzene rings is 1. The average Bonchev–Trinajstić information content (AvgIpc) is 3.27. The lowest BCUT2D eigenvalue weighted by molar-refractivity contribution is 0.121. The summed E-state index contributed by atoms with van der Waals surface area (Å²) in [5.41, 5.74) is 1.77. The van der Waals surface area contributed by atoms with Gasteiger partial charge in [-0.2, -0.15) is 4.98 Å². The van der Waals surface area contributed by atoms with E-state index < -0.39 is 0 Å². The Hall–Kier alpha value is -3.13. The first-order valence-electron chi connectivity index (χ1n) is 10.0. The molecule has 0 bridgehead atoms. The van der Waals surface area contributed by atoms with Crippen LogP contribution in [0.25, 0.3) is 11.4 Å². The molecule has 30 heavy (non-hydrogen) atoms. The lowest BCUT2D eigenvalue weighted by atomic mass is 9.99. The Morgan fingerprint density at radius 3 is 2.63 bits per heavy atom. The molecule has 0 saturated carbocycles. The third-order valence-corrected chi connectivity index (χ3v) is 5.39. The molecule has 2 aromatic heterocycles. The zero-order chi connectivity index (χ0) is 20.9. The van der Waals surface area contributed by atoms with Crippen LogP contribution in [0.3, 0.4) is 0 Å². The smallest absolute Gasteiger partial charge is 0.241 e. The average molecular weight is 410 g/mol. The van der Waals surface area contributed by atoms with Crippen molar-refractivity contribution in [2.24, 2.45) is 0 Å². The van der Waals surface area contributed by atoms with Crippen LogP contribution in [0, 0.1) is 0 Å². The lowest BCUT2D eigenvalue weighted by Gasteiger charge is -2.34. The van der Waals surface area contributed by atoms with E-state index in [1.165, 1.54) is 6.42 Å². The monoisotopic (exact) mass is 410 g/mol. The molecule has 158 valence electrons. The van der Waals surface area contributed by atoms with Crippen LogP contribution in [0.15, 0.2) is 41.1 Å². The van der Waals surface area contributed by atoms with Crippen LogP contribution in [0.2, 0.25) is 0 Å². The summed E-state index contributed by atoms with van der Waals surface area (Å²) in [6.07, 6.45) is 5.25. The van der Waals surface area contributed by atoms with E-state index in [1.54, 1.807) is 27.4 Å². The van der Waals surface area contributed by atoms with Crippen molar-refractivity contribution in [2.45, 2.75) is 31.8 Å². The highest BCUT2D eigenvalue weighted by Crippen LogP contribution is 2.43. The zero-order valence-corrected chi connectivity index (χ0v) is 17.5. The summed E-state index contributed by atoms with van der Waals surface area (Å²) in [6.45, 7) is 1.54. The molecule has 1 unspecified atom stereocenters. The molecule has 0 aliphatic carbocycles. The fraction of sp³-hybridized carbons (Fsp3) is 0.409. The number of likely N-dealkylation sites (tertiary alicyclic amines) is 1. The SMILES string of the molecule is COc1ccc(-c2noc(CN3CCCCC3c3ccccn3)n2)c(OC)c1OC. The van der Waals surface area contributed by atoms with Crippen molar-refractivity contribution in [3.8, 4) is 28.6 Å². The van der Waals surface area contributed by atoms with Gasteiger partial charge in [0.05, 0.1) is 45.2 Å². The van der Waals surface area contributed by atoms with Crippen LogP contribution in [-0.4, -0.2) is 47.9 Å². The molecule has 3 heterocycles. The first-order valence-corrected chi connectivity index (χ1v) is 10.0. The largest absolute Gasteiger partial charge is 0.493 e. The maximum Gasteiger partial charge on any atom is 0.241 e. The van der Waals surface area contributed by atoms with Crippen LogP contribution in [0.1, 0.15) is 36.9 Å². The first-order chi connectivity index (χ1) is 14.7. The van der Waals surface area contributed by atoms with E-state index in [1.807, 2.05) is 24.4 Å². The summed E-state index contributed by atoms with van der Waals surface area (Å²) < 4.78 is 21.9. The van der Waals surface area contributed by atoms with Gasteiger partial charge < -0.3 is 18.7 Å². The second-order valence-electron chi connectivity index (χ2n) is 7.13. The molecule has 1 fully saturated rings. The standard InChI is InChI=1S/C22H26N4O4/c1-27-18-11-10-15(20(28-2)21(18)29-3)22-24-19(30-25-22)14-26-13-7-5-9-17(26)16-8-4-6-12-23-16/h4,6,8,10-12,17H,5,7,9,13-14H2,1-3H3. The maximum absolute atomic E-state index is 5.58. The molecule has 1 aliphatic heterocycles. The summed E-state index contributed by atoms with van der Waals surface area (Å²) >= 11 is 0. The third-order valence-electron chi connectivity index (χ3n) is 5.39. The van der Waals surface area contributed by atoms with Crippen LogP contribution in [-0.2, 0) is 6.54 Å². The molecule has 0 spiro atoms. The van der Waals surface area contributed by atoms with Crippen molar-refractivity contribution in [1.29, 1.82) is 0 Å². The highest BCUT2D eigenvalue weighted by Gasteiger charge is 2.27. The van der Waals surface area contributed by atoms with Crippen molar-refractivity contribution in [2.75, 3.05) is 27.9 Å². The van der Waals surface area contributed by atoms with E-state index >= 15 is 0 Å². The molecular weight excluding hydrogens is 384 g/mol. The highest BCUT2D eigenvalue weighted by molar-refractivity contribution is 5.71. The van der Waals surface area contributed by atoms with Crippen LogP contribution in [0.5, 0.6) is 17.2 Å². The van der Waals surface area contributed by atoms with Crippen LogP contribution >= 0.6 is 0 Å². The van der Waals surface area contributed by atoms with Gasteiger partial charge in [-0.3, -0.25) is 9.88 Å². The number of hydrogen-bond acceptors (Lipinski definition) is 8. The minimum atomic E-state index is 0.255. The van der Waals surface area contributed by atoms with E-state index in [0.717, 1.165) is 25.1 Å². The Kier molecular flexibility index (Phi) is 6.13. The van der Waals surface area contributed by atoms with E-state index in [0.29, 0.717) is 41.1 Å². The zero-order valence-electron chi connectivity index (χ0n) is 17.5. The van der Waals surface area contributed by atoms with E-state index in [-0.39, 0.29) is 6.04 Å². The van der Waals surface area contributed by atoms with Crippen molar-refractivity contribution < 1.29 is 18.7 Å². The topological polar surface area (TPSA) is 82.7 Å². The van der Waals surface area contributed by atoms with Gasteiger partial charge in [0.2, 0.25) is 17.5 Å². The molecule has 1 aliphatic rings. The molecule has 4 rings (SSSR count). The van der Waals surface area contributed by atoms with E-state index in [2.05, 4.69) is 26.1 Å². The fourth-order valence-electron chi connectivity index (χ4n) is 3.97. The maximum atomic E-state index is 5.58. The van der Waals surface area contributed by atoms with Gasteiger partial charge in [0.15, 0.2) is 11.5 Å². The summed E-state index contributed by atoms with van der Waals surface area (Å²) in [5.74, 6) is 2.59. The number of methoxy groups -OCH3 is 3. The predicted molar refractivity (Wildman–Crippen MR) is 111 cm³/mol. The number of pyridine rings is 1. The van der Waals surface area contributed by atoms with Crippen molar-refractivity contribution in [3.63, 3.8) is 0 Å². The lowest BCUT2D eigenvalue weighted by Crippen LogP contribution is -2.33. The molecule has 0 N–H and O–H groups in total. The Bertz CT molecular complexity index is 977. The fourth-order valence-corrected chi connectivity index (χ4v) is 3.97. The predicted octanol–water partition coefficient (Wildman–Crippen LogP) is 3.88.